The van der Waals surface area contributed by atoms with Crippen molar-refractivity contribution < 1.29 is 9.53 Å². The Morgan fingerprint density at radius 1 is 1.35 bits per heavy atom. The van der Waals surface area contributed by atoms with Gasteiger partial charge in [-0.3, -0.25) is 4.79 Å². The highest BCUT2D eigenvalue weighted by atomic mass is 79.9. The summed E-state index contributed by atoms with van der Waals surface area (Å²) in [5.74, 6) is -0.116. The van der Waals surface area contributed by atoms with E-state index in [0.717, 1.165) is 29.3 Å². The monoisotopic (exact) mass is 339 g/mol. The number of ether oxygens (including phenoxy) is 1. The van der Waals surface area contributed by atoms with Crippen molar-refractivity contribution >= 4 is 21.9 Å². The van der Waals surface area contributed by atoms with Gasteiger partial charge in [-0.05, 0) is 42.4 Å². The molecule has 3 nitrogen and oxygen atoms in total. The zero-order valence-electron chi connectivity index (χ0n) is 11.9. The van der Waals surface area contributed by atoms with E-state index >= 15 is 0 Å². The van der Waals surface area contributed by atoms with Crippen LogP contribution in [0, 0.1) is 5.41 Å². The van der Waals surface area contributed by atoms with Gasteiger partial charge in [0.05, 0.1) is 13.5 Å². The van der Waals surface area contributed by atoms with Gasteiger partial charge in [0.1, 0.15) is 0 Å². The van der Waals surface area contributed by atoms with Crippen LogP contribution in [0.4, 0.5) is 0 Å². The highest BCUT2D eigenvalue weighted by molar-refractivity contribution is 9.10. The van der Waals surface area contributed by atoms with Gasteiger partial charge < -0.3 is 10.5 Å². The van der Waals surface area contributed by atoms with Crippen molar-refractivity contribution in [3.63, 3.8) is 0 Å². The molecule has 0 bridgehead atoms. The summed E-state index contributed by atoms with van der Waals surface area (Å²) in [4.78, 5) is 11.7. The minimum Gasteiger partial charge on any atom is -0.469 e. The third kappa shape index (κ3) is 3.83. The molecule has 1 aromatic rings. The Bertz CT molecular complexity index is 452. The maximum absolute atomic E-state index is 11.7. The van der Waals surface area contributed by atoms with Crippen molar-refractivity contribution in [2.45, 2.75) is 44.6 Å². The average molecular weight is 340 g/mol. The SMILES string of the molecule is COC(=O)CC1(CC(N)c2ccc(Br)cc2)CCCC1. The number of methoxy groups -OCH3 is 1. The molecule has 1 aliphatic rings. The van der Waals surface area contributed by atoms with Crippen molar-refractivity contribution in [3.8, 4) is 0 Å². The molecule has 1 atom stereocenters. The first-order chi connectivity index (χ1) is 9.54. The van der Waals surface area contributed by atoms with Crippen LogP contribution in [0.15, 0.2) is 28.7 Å². The maximum Gasteiger partial charge on any atom is 0.306 e. The summed E-state index contributed by atoms with van der Waals surface area (Å²) in [6.07, 6.45) is 5.87. The summed E-state index contributed by atoms with van der Waals surface area (Å²) >= 11 is 3.43. The lowest BCUT2D eigenvalue weighted by atomic mass is 9.76. The van der Waals surface area contributed by atoms with E-state index in [0.29, 0.717) is 6.42 Å². The first kappa shape index (κ1) is 15.5. The fourth-order valence-electron chi connectivity index (χ4n) is 3.25. The average Bonchev–Trinajstić information content (AvgIpc) is 2.87. The third-order valence-corrected chi connectivity index (χ3v) is 4.89. The quantitative estimate of drug-likeness (QED) is 0.826. The van der Waals surface area contributed by atoms with Gasteiger partial charge in [0.2, 0.25) is 0 Å². The van der Waals surface area contributed by atoms with Gasteiger partial charge in [-0.2, -0.15) is 0 Å². The minimum absolute atomic E-state index is 0.0224. The van der Waals surface area contributed by atoms with Crippen molar-refractivity contribution in [2.75, 3.05) is 7.11 Å². The number of halogens is 1. The summed E-state index contributed by atoms with van der Waals surface area (Å²) in [6.45, 7) is 0. The molecule has 0 heterocycles. The lowest BCUT2D eigenvalue weighted by Gasteiger charge is -2.31. The van der Waals surface area contributed by atoms with Crippen LogP contribution in [-0.2, 0) is 9.53 Å². The van der Waals surface area contributed by atoms with E-state index in [4.69, 9.17) is 10.5 Å². The zero-order chi connectivity index (χ0) is 14.6. The molecule has 1 saturated carbocycles. The number of rotatable bonds is 5. The molecule has 0 spiro atoms. The predicted octanol–water partition coefficient (Wildman–Crippen LogP) is 3.96. The first-order valence-electron chi connectivity index (χ1n) is 7.12. The molecular weight excluding hydrogens is 318 g/mol. The number of nitrogens with two attached hydrogens (primary N) is 1. The van der Waals surface area contributed by atoms with Gasteiger partial charge in [0.25, 0.3) is 0 Å². The topological polar surface area (TPSA) is 52.3 Å². The Kier molecular flexibility index (Phi) is 5.22. The second kappa shape index (κ2) is 6.72. The lowest BCUT2D eigenvalue weighted by Crippen LogP contribution is -2.27. The van der Waals surface area contributed by atoms with Gasteiger partial charge in [0.15, 0.2) is 0 Å². The number of benzene rings is 1. The molecule has 1 fully saturated rings. The molecule has 110 valence electrons. The van der Waals surface area contributed by atoms with E-state index in [9.17, 15) is 4.79 Å². The van der Waals surface area contributed by atoms with Crippen molar-refractivity contribution in [1.82, 2.24) is 0 Å². The molecule has 0 saturated heterocycles. The molecule has 1 unspecified atom stereocenters. The number of carbonyl (C=O) groups excluding carboxylic acids is 1. The van der Waals surface area contributed by atoms with E-state index in [1.807, 2.05) is 12.1 Å². The fourth-order valence-corrected chi connectivity index (χ4v) is 3.52. The van der Waals surface area contributed by atoms with Gasteiger partial charge in [-0.1, -0.05) is 40.9 Å². The number of esters is 1. The van der Waals surface area contributed by atoms with Crippen LogP contribution >= 0.6 is 15.9 Å². The summed E-state index contributed by atoms with van der Waals surface area (Å²) in [6, 6.07) is 8.10. The number of hydrogen-bond acceptors (Lipinski definition) is 3. The van der Waals surface area contributed by atoms with Gasteiger partial charge in [-0.15, -0.1) is 0 Å². The summed E-state index contributed by atoms with van der Waals surface area (Å²) in [5, 5.41) is 0. The largest absolute Gasteiger partial charge is 0.469 e. The molecule has 2 N–H and O–H groups in total. The van der Waals surface area contributed by atoms with Crippen LogP contribution in [0.2, 0.25) is 0 Å². The molecular formula is C16H22BrNO2. The molecule has 0 aliphatic heterocycles. The Morgan fingerprint density at radius 2 is 1.95 bits per heavy atom. The van der Waals surface area contributed by atoms with Crippen molar-refractivity contribution in [2.24, 2.45) is 11.1 Å². The Morgan fingerprint density at radius 3 is 2.50 bits per heavy atom. The third-order valence-electron chi connectivity index (χ3n) is 4.36. The summed E-state index contributed by atoms with van der Waals surface area (Å²) in [5.41, 5.74) is 7.52. The van der Waals surface area contributed by atoms with Gasteiger partial charge in [0, 0.05) is 10.5 Å². The lowest BCUT2D eigenvalue weighted by molar-refractivity contribution is -0.143. The molecule has 0 radical (unpaired) electrons. The van der Waals surface area contributed by atoms with Gasteiger partial charge in [-0.25, -0.2) is 0 Å². The van der Waals surface area contributed by atoms with Gasteiger partial charge >= 0.3 is 5.97 Å². The smallest absolute Gasteiger partial charge is 0.306 e. The first-order valence-corrected chi connectivity index (χ1v) is 7.92. The number of hydrogen-bond donors (Lipinski definition) is 1. The standard InChI is InChI=1S/C16H22BrNO2/c1-20-15(19)11-16(8-2-3-9-16)10-14(18)12-4-6-13(17)7-5-12/h4-7,14H,2-3,8-11,18H2,1H3. The molecule has 1 aromatic carbocycles. The van der Waals surface area contributed by atoms with Crippen molar-refractivity contribution in [3.05, 3.63) is 34.3 Å². The van der Waals surface area contributed by atoms with E-state index in [2.05, 4.69) is 28.1 Å². The van der Waals surface area contributed by atoms with Crippen LogP contribution in [0.25, 0.3) is 0 Å². The van der Waals surface area contributed by atoms with E-state index in [1.165, 1.54) is 20.0 Å². The second-order valence-corrected chi connectivity index (χ2v) is 6.74. The van der Waals surface area contributed by atoms with E-state index < -0.39 is 0 Å². The molecule has 4 heteroatoms. The maximum atomic E-state index is 11.7. The highest BCUT2D eigenvalue weighted by Gasteiger charge is 2.37. The van der Waals surface area contributed by atoms with Crippen LogP contribution < -0.4 is 5.73 Å². The second-order valence-electron chi connectivity index (χ2n) is 5.82. The Hall–Kier alpha value is -0.870. The summed E-state index contributed by atoms with van der Waals surface area (Å²) < 4.78 is 5.91. The molecule has 0 amide bonds. The van der Waals surface area contributed by atoms with Crippen LogP contribution in [-0.4, -0.2) is 13.1 Å². The summed E-state index contributed by atoms with van der Waals surface area (Å²) in [7, 11) is 1.46. The normalized spacial score (nSPS) is 18.8. The van der Waals surface area contributed by atoms with Crippen LogP contribution in [0.5, 0.6) is 0 Å². The Labute approximate surface area is 129 Å². The molecule has 20 heavy (non-hydrogen) atoms. The predicted molar refractivity (Wildman–Crippen MR) is 83.2 cm³/mol. The van der Waals surface area contributed by atoms with Crippen LogP contribution in [0.1, 0.15) is 50.1 Å². The number of carbonyl (C=O) groups is 1. The highest BCUT2D eigenvalue weighted by Crippen LogP contribution is 2.46. The fraction of sp³-hybridized carbons (Fsp3) is 0.562. The van der Waals surface area contributed by atoms with Crippen molar-refractivity contribution in [1.29, 1.82) is 0 Å². The van der Waals surface area contributed by atoms with E-state index in [-0.39, 0.29) is 17.4 Å². The molecule has 0 aromatic heterocycles. The zero-order valence-corrected chi connectivity index (χ0v) is 13.5. The van der Waals surface area contributed by atoms with Crippen LogP contribution in [0.3, 0.4) is 0 Å². The van der Waals surface area contributed by atoms with E-state index in [1.54, 1.807) is 0 Å². The molecule has 2 rings (SSSR count). The molecule has 1 aliphatic carbocycles. The minimum atomic E-state index is -0.116. The Balaban J connectivity index is 2.07.